The van der Waals surface area contributed by atoms with Crippen LogP contribution in [0.4, 0.5) is 0 Å². The fraction of sp³-hybridized carbons (Fsp3) is 0.0952. The molecular formula is C21H18N2O5S. The molecule has 2 aromatic carbocycles. The van der Waals surface area contributed by atoms with E-state index in [4.69, 9.17) is 14.2 Å². The summed E-state index contributed by atoms with van der Waals surface area (Å²) >= 11 is 1.32. The first-order valence-corrected chi connectivity index (χ1v) is 9.40. The number of hydrogen-bond donors (Lipinski definition) is 1. The van der Waals surface area contributed by atoms with Gasteiger partial charge in [-0.3, -0.25) is 4.79 Å². The lowest BCUT2D eigenvalue weighted by Gasteiger charge is -2.08. The van der Waals surface area contributed by atoms with Crippen molar-refractivity contribution in [3.8, 4) is 17.2 Å². The van der Waals surface area contributed by atoms with Crippen molar-refractivity contribution in [2.75, 3.05) is 14.2 Å². The maximum Gasteiger partial charge on any atom is 0.353 e. The van der Waals surface area contributed by atoms with Crippen molar-refractivity contribution in [2.24, 2.45) is 5.10 Å². The third-order valence-electron chi connectivity index (χ3n) is 3.84. The Balaban J connectivity index is 1.57. The van der Waals surface area contributed by atoms with Crippen molar-refractivity contribution in [1.29, 1.82) is 0 Å². The molecule has 0 saturated heterocycles. The first-order valence-electron chi connectivity index (χ1n) is 8.52. The van der Waals surface area contributed by atoms with Crippen LogP contribution in [0, 0.1) is 0 Å². The number of benzene rings is 2. The van der Waals surface area contributed by atoms with Gasteiger partial charge in [-0.05, 0) is 59.5 Å². The number of ether oxygens (including phenoxy) is 3. The molecule has 1 aromatic heterocycles. The fourth-order valence-electron chi connectivity index (χ4n) is 2.38. The molecule has 3 rings (SSSR count). The van der Waals surface area contributed by atoms with Crippen LogP contribution in [0.2, 0.25) is 0 Å². The van der Waals surface area contributed by atoms with Gasteiger partial charge in [0.25, 0.3) is 5.91 Å². The molecule has 0 radical (unpaired) electrons. The molecule has 1 N–H and O–H groups in total. The van der Waals surface area contributed by atoms with Crippen LogP contribution in [0.5, 0.6) is 17.2 Å². The zero-order valence-corrected chi connectivity index (χ0v) is 16.6. The average Bonchev–Trinajstić information content (AvgIpc) is 3.29. The number of amides is 1. The third-order valence-corrected chi connectivity index (χ3v) is 4.69. The highest BCUT2D eigenvalue weighted by Gasteiger charge is 2.10. The van der Waals surface area contributed by atoms with Crippen molar-refractivity contribution < 1.29 is 23.8 Å². The van der Waals surface area contributed by atoms with E-state index >= 15 is 0 Å². The second-order valence-electron chi connectivity index (χ2n) is 5.70. The predicted molar refractivity (Wildman–Crippen MR) is 110 cm³/mol. The molecule has 0 bridgehead atoms. The Hall–Kier alpha value is -3.65. The minimum absolute atomic E-state index is 0.385. The van der Waals surface area contributed by atoms with Crippen molar-refractivity contribution in [3.05, 3.63) is 76.0 Å². The molecule has 148 valence electrons. The number of esters is 1. The molecule has 7 nitrogen and oxygen atoms in total. The smallest absolute Gasteiger partial charge is 0.353 e. The molecule has 1 heterocycles. The number of methoxy groups -OCH3 is 2. The highest BCUT2D eigenvalue weighted by Crippen LogP contribution is 2.27. The monoisotopic (exact) mass is 410 g/mol. The maximum absolute atomic E-state index is 12.2. The Morgan fingerprint density at radius 1 is 1.00 bits per heavy atom. The topological polar surface area (TPSA) is 86.2 Å². The number of carbonyl (C=O) groups is 2. The van der Waals surface area contributed by atoms with E-state index in [0.29, 0.717) is 27.7 Å². The molecular weight excluding hydrogens is 392 g/mol. The molecule has 0 saturated carbocycles. The van der Waals surface area contributed by atoms with E-state index < -0.39 is 5.97 Å². The van der Waals surface area contributed by atoms with Crippen molar-refractivity contribution in [2.45, 2.75) is 0 Å². The number of hydrazone groups is 1. The normalized spacial score (nSPS) is 10.6. The van der Waals surface area contributed by atoms with Gasteiger partial charge >= 0.3 is 5.97 Å². The lowest BCUT2D eigenvalue weighted by molar-refractivity contribution is 0.0739. The Morgan fingerprint density at radius 2 is 1.76 bits per heavy atom. The summed E-state index contributed by atoms with van der Waals surface area (Å²) in [5, 5.41) is 5.76. The summed E-state index contributed by atoms with van der Waals surface area (Å²) in [5.74, 6) is 0.631. The second kappa shape index (κ2) is 9.52. The Labute approximate surface area is 171 Å². The molecule has 0 spiro atoms. The molecule has 29 heavy (non-hydrogen) atoms. The minimum atomic E-state index is -0.399. The van der Waals surface area contributed by atoms with Gasteiger partial charge < -0.3 is 14.2 Å². The van der Waals surface area contributed by atoms with Gasteiger partial charge in [0.15, 0.2) is 11.5 Å². The van der Waals surface area contributed by atoms with Gasteiger partial charge in [0.2, 0.25) is 0 Å². The van der Waals surface area contributed by atoms with Crippen LogP contribution in [0.1, 0.15) is 25.6 Å². The van der Waals surface area contributed by atoms with Gasteiger partial charge in [0.05, 0.1) is 20.4 Å². The summed E-state index contributed by atoms with van der Waals surface area (Å²) in [5.41, 5.74) is 3.57. The van der Waals surface area contributed by atoms with E-state index in [1.54, 1.807) is 54.6 Å². The first kappa shape index (κ1) is 20.1. The summed E-state index contributed by atoms with van der Waals surface area (Å²) in [6, 6.07) is 15.1. The molecule has 0 atom stereocenters. The number of hydrogen-bond acceptors (Lipinski definition) is 7. The second-order valence-corrected chi connectivity index (χ2v) is 6.65. The molecule has 0 fully saturated rings. The largest absolute Gasteiger partial charge is 0.493 e. The predicted octanol–water partition coefficient (Wildman–Crippen LogP) is 3.75. The molecule has 3 aromatic rings. The molecule has 1 amide bonds. The van der Waals surface area contributed by atoms with Gasteiger partial charge in [-0.1, -0.05) is 6.07 Å². The Kier molecular flexibility index (Phi) is 6.59. The Morgan fingerprint density at radius 3 is 2.41 bits per heavy atom. The first-order chi connectivity index (χ1) is 14.1. The lowest BCUT2D eigenvalue weighted by Crippen LogP contribution is -2.17. The minimum Gasteiger partial charge on any atom is -0.493 e. The van der Waals surface area contributed by atoms with E-state index in [9.17, 15) is 9.59 Å². The van der Waals surface area contributed by atoms with Crippen LogP contribution >= 0.6 is 11.3 Å². The van der Waals surface area contributed by atoms with Gasteiger partial charge in [-0.15, -0.1) is 11.3 Å². The average molecular weight is 410 g/mol. The van der Waals surface area contributed by atoms with Crippen molar-refractivity contribution >= 4 is 29.4 Å². The number of carbonyl (C=O) groups excluding carboxylic acids is 2. The van der Waals surface area contributed by atoms with E-state index in [0.717, 1.165) is 5.56 Å². The number of nitrogens with one attached hydrogen (secondary N) is 1. The Bertz CT molecular complexity index is 1010. The fourth-order valence-corrected chi connectivity index (χ4v) is 2.98. The van der Waals surface area contributed by atoms with Crippen LogP contribution in [0.15, 0.2) is 65.1 Å². The highest BCUT2D eigenvalue weighted by molar-refractivity contribution is 7.12. The maximum atomic E-state index is 12.2. The number of nitrogens with zero attached hydrogens (tertiary/aromatic N) is 1. The summed E-state index contributed by atoms with van der Waals surface area (Å²) in [6.07, 6.45) is 1.49. The summed E-state index contributed by atoms with van der Waals surface area (Å²) in [7, 11) is 3.02. The van der Waals surface area contributed by atoms with E-state index in [1.807, 2.05) is 5.38 Å². The van der Waals surface area contributed by atoms with Gasteiger partial charge in [0, 0.05) is 5.56 Å². The van der Waals surface area contributed by atoms with E-state index in [1.165, 1.54) is 31.8 Å². The highest BCUT2D eigenvalue weighted by atomic mass is 32.1. The van der Waals surface area contributed by atoms with Crippen LogP contribution in [0.3, 0.4) is 0 Å². The van der Waals surface area contributed by atoms with E-state index in [-0.39, 0.29) is 5.91 Å². The van der Waals surface area contributed by atoms with E-state index in [2.05, 4.69) is 10.5 Å². The van der Waals surface area contributed by atoms with Crippen LogP contribution in [0.25, 0.3) is 0 Å². The lowest BCUT2D eigenvalue weighted by atomic mass is 10.2. The zero-order valence-electron chi connectivity index (χ0n) is 15.7. The quantitative estimate of drug-likeness (QED) is 0.277. The van der Waals surface area contributed by atoms with Crippen LogP contribution in [-0.4, -0.2) is 32.3 Å². The summed E-state index contributed by atoms with van der Waals surface area (Å²) in [4.78, 5) is 24.7. The van der Waals surface area contributed by atoms with Crippen molar-refractivity contribution in [1.82, 2.24) is 5.43 Å². The van der Waals surface area contributed by atoms with Crippen molar-refractivity contribution in [3.63, 3.8) is 0 Å². The third kappa shape index (κ3) is 5.20. The molecule has 0 aliphatic heterocycles. The molecule has 0 aliphatic rings. The van der Waals surface area contributed by atoms with Gasteiger partial charge in [-0.2, -0.15) is 5.10 Å². The number of rotatable bonds is 7. The number of thiophene rings is 1. The summed E-state index contributed by atoms with van der Waals surface area (Å²) < 4.78 is 15.6. The zero-order chi connectivity index (χ0) is 20.6. The molecule has 0 unspecified atom stereocenters. The molecule has 0 aliphatic carbocycles. The van der Waals surface area contributed by atoms with Crippen LogP contribution < -0.4 is 19.6 Å². The molecule has 8 heteroatoms. The van der Waals surface area contributed by atoms with Crippen LogP contribution in [-0.2, 0) is 0 Å². The van der Waals surface area contributed by atoms with Gasteiger partial charge in [-0.25, -0.2) is 10.2 Å². The summed E-state index contributed by atoms with van der Waals surface area (Å²) in [6.45, 7) is 0. The standard InChI is InChI=1S/C21H18N2O5S/c1-26-17-10-7-15(12-18(17)27-2)20(24)23-22-13-14-5-8-16(9-6-14)28-21(25)19-4-3-11-29-19/h3-13H,1-2H3,(H,23,24). The van der Waals surface area contributed by atoms with Gasteiger partial charge in [0.1, 0.15) is 10.6 Å². The SMILES string of the molecule is COc1ccc(C(=O)NN=Cc2ccc(OC(=O)c3cccs3)cc2)cc1OC.